The maximum absolute atomic E-state index is 14.1. The molecule has 174 valence electrons. The SMILES string of the molecule is COc1c(C)cc(C)cc1/C(O)=C1\C(=O)C(=O)N(c2ccc(F)c(F)c2)C1c1cccc(C)c1. The number of aliphatic hydroxyl groups is 1. The van der Waals surface area contributed by atoms with E-state index in [4.69, 9.17) is 4.74 Å². The smallest absolute Gasteiger partial charge is 0.300 e. The number of aryl methyl sites for hydroxylation is 3. The molecule has 1 saturated heterocycles. The van der Waals surface area contributed by atoms with Crippen LogP contribution in [0.2, 0.25) is 0 Å². The van der Waals surface area contributed by atoms with Crippen LogP contribution in [0.5, 0.6) is 5.75 Å². The lowest BCUT2D eigenvalue weighted by Gasteiger charge is -2.26. The molecule has 1 heterocycles. The number of carbonyl (C=O) groups excluding carboxylic acids is 2. The molecule has 1 fully saturated rings. The number of halogens is 2. The zero-order chi connectivity index (χ0) is 24.7. The number of methoxy groups -OCH3 is 1. The highest BCUT2D eigenvalue weighted by Gasteiger charge is 2.47. The Morgan fingerprint density at radius 1 is 0.941 bits per heavy atom. The molecular formula is C27H23F2NO4. The number of ether oxygens (including phenoxy) is 1. The third kappa shape index (κ3) is 3.83. The van der Waals surface area contributed by atoms with Crippen LogP contribution in [0, 0.1) is 32.4 Å². The molecule has 0 aliphatic carbocycles. The normalized spacial score (nSPS) is 17.4. The molecule has 0 saturated carbocycles. The molecule has 1 aliphatic heterocycles. The number of benzene rings is 3. The molecule has 1 atom stereocenters. The summed E-state index contributed by atoms with van der Waals surface area (Å²) < 4.78 is 33.2. The maximum Gasteiger partial charge on any atom is 0.300 e. The molecule has 0 radical (unpaired) electrons. The molecule has 4 rings (SSSR count). The van der Waals surface area contributed by atoms with Crippen LogP contribution in [0.4, 0.5) is 14.5 Å². The van der Waals surface area contributed by atoms with E-state index in [1.54, 1.807) is 31.2 Å². The summed E-state index contributed by atoms with van der Waals surface area (Å²) >= 11 is 0. The molecule has 0 spiro atoms. The standard InChI is InChI=1S/C27H23F2NO4/c1-14-6-5-7-17(11-14)23-22(24(31)19-12-15(2)10-16(3)26(19)34-4)25(32)27(33)30(23)18-8-9-20(28)21(29)13-18/h5-13,23,31H,1-4H3/b24-22+. The van der Waals surface area contributed by atoms with E-state index in [-0.39, 0.29) is 16.8 Å². The third-order valence-corrected chi connectivity index (χ3v) is 5.86. The van der Waals surface area contributed by atoms with Crippen LogP contribution in [0.15, 0.2) is 60.2 Å². The minimum atomic E-state index is -1.15. The second-order valence-corrected chi connectivity index (χ2v) is 8.34. The van der Waals surface area contributed by atoms with Gasteiger partial charge in [0, 0.05) is 11.8 Å². The number of aliphatic hydroxyl groups excluding tert-OH is 1. The lowest BCUT2D eigenvalue weighted by Crippen LogP contribution is -2.29. The number of carbonyl (C=O) groups is 2. The molecule has 5 nitrogen and oxygen atoms in total. The van der Waals surface area contributed by atoms with E-state index >= 15 is 0 Å². The topological polar surface area (TPSA) is 66.8 Å². The fourth-order valence-corrected chi connectivity index (χ4v) is 4.44. The van der Waals surface area contributed by atoms with Gasteiger partial charge in [-0.1, -0.05) is 35.9 Å². The van der Waals surface area contributed by atoms with E-state index in [1.807, 2.05) is 26.0 Å². The van der Waals surface area contributed by atoms with Crippen LogP contribution < -0.4 is 9.64 Å². The van der Waals surface area contributed by atoms with Crippen molar-refractivity contribution in [2.75, 3.05) is 12.0 Å². The van der Waals surface area contributed by atoms with Crippen molar-refractivity contribution in [1.29, 1.82) is 0 Å². The Hall–Kier alpha value is -4.00. The molecule has 3 aromatic carbocycles. The van der Waals surface area contributed by atoms with Crippen LogP contribution in [-0.2, 0) is 9.59 Å². The maximum atomic E-state index is 14.1. The van der Waals surface area contributed by atoms with Crippen LogP contribution in [0.3, 0.4) is 0 Å². The Morgan fingerprint density at radius 3 is 2.32 bits per heavy atom. The Kier molecular flexibility index (Phi) is 5.96. The number of hydrogen-bond acceptors (Lipinski definition) is 4. The minimum absolute atomic E-state index is 0.000978. The summed E-state index contributed by atoms with van der Waals surface area (Å²) in [5.74, 6) is -4.16. The highest BCUT2D eigenvalue weighted by atomic mass is 19.2. The van der Waals surface area contributed by atoms with Crippen LogP contribution in [0.1, 0.15) is 33.9 Å². The van der Waals surface area contributed by atoms with Gasteiger partial charge in [0.2, 0.25) is 0 Å². The van der Waals surface area contributed by atoms with E-state index in [9.17, 15) is 23.5 Å². The van der Waals surface area contributed by atoms with Crippen molar-refractivity contribution in [1.82, 2.24) is 0 Å². The summed E-state index contributed by atoms with van der Waals surface area (Å²) in [7, 11) is 1.45. The van der Waals surface area contributed by atoms with Gasteiger partial charge in [0.05, 0.1) is 24.3 Å². The number of nitrogens with zero attached hydrogens (tertiary/aromatic N) is 1. The lowest BCUT2D eigenvalue weighted by atomic mass is 9.93. The number of Topliss-reactive ketones (excluding diaryl/α,β-unsaturated/α-hetero) is 1. The summed E-state index contributed by atoms with van der Waals surface area (Å²) in [5.41, 5.74) is 3.06. The molecule has 3 aromatic rings. The Bertz CT molecular complexity index is 1360. The second-order valence-electron chi connectivity index (χ2n) is 8.34. The number of anilines is 1. The van der Waals surface area contributed by atoms with Gasteiger partial charge in [-0.25, -0.2) is 8.78 Å². The largest absolute Gasteiger partial charge is 0.507 e. The van der Waals surface area contributed by atoms with Gasteiger partial charge < -0.3 is 9.84 Å². The van der Waals surface area contributed by atoms with Crippen molar-refractivity contribution in [3.63, 3.8) is 0 Å². The number of hydrogen-bond donors (Lipinski definition) is 1. The number of rotatable bonds is 4. The summed E-state index contributed by atoms with van der Waals surface area (Å²) in [6.45, 7) is 5.49. The Morgan fingerprint density at radius 2 is 1.68 bits per heavy atom. The lowest BCUT2D eigenvalue weighted by molar-refractivity contribution is -0.132. The predicted octanol–water partition coefficient (Wildman–Crippen LogP) is 5.52. The molecular weight excluding hydrogens is 440 g/mol. The van der Waals surface area contributed by atoms with Crippen molar-refractivity contribution in [2.45, 2.75) is 26.8 Å². The van der Waals surface area contributed by atoms with E-state index in [0.717, 1.165) is 33.7 Å². The highest BCUT2D eigenvalue weighted by Crippen LogP contribution is 2.44. The minimum Gasteiger partial charge on any atom is -0.507 e. The van der Waals surface area contributed by atoms with Gasteiger partial charge in [0.25, 0.3) is 11.7 Å². The second kappa shape index (κ2) is 8.74. The molecule has 0 aromatic heterocycles. The van der Waals surface area contributed by atoms with Crippen molar-refractivity contribution in [3.8, 4) is 5.75 Å². The van der Waals surface area contributed by atoms with Gasteiger partial charge in [0.15, 0.2) is 11.6 Å². The molecule has 1 N–H and O–H groups in total. The predicted molar refractivity (Wildman–Crippen MR) is 125 cm³/mol. The van der Waals surface area contributed by atoms with Gasteiger partial charge in [-0.05, 0) is 55.7 Å². The molecule has 7 heteroatoms. The first kappa shape index (κ1) is 23.2. The van der Waals surface area contributed by atoms with Crippen LogP contribution in [0.25, 0.3) is 5.76 Å². The molecule has 34 heavy (non-hydrogen) atoms. The molecule has 0 bridgehead atoms. The number of amides is 1. The average Bonchev–Trinajstić information content (AvgIpc) is 3.05. The summed E-state index contributed by atoms with van der Waals surface area (Å²) in [4.78, 5) is 27.5. The fraction of sp³-hybridized carbons (Fsp3) is 0.185. The summed E-state index contributed by atoms with van der Waals surface area (Å²) in [5, 5.41) is 11.4. The van der Waals surface area contributed by atoms with Crippen molar-refractivity contribution in [2.24, 2.45) is 0 Å². The molecule has 1 amide bonds. The first-order valence-corrected chi connectivity index (χ1v) is 10.6. The van der Waals surface area contributed by atoms with Crippen molar-refractivity contribution >= 4 is 23.1 Å². The summed E-state index contributed by atoms with van der Waals surface area (Å²) in [6.07, 6.45) is 0. The Balaban J connectivity index is 2.02. The van der Waals surface area contributed by atoms with Gasteiger partial charge in [-0.2, -0.15) is 0 Å². The molecule has 1 aliphatic rings. The third-order valence-electron chi connectivity index (χ3n) is 5.86. The van der Waals surface area contributed by atoms with Gasteiger partial charge >= 0.3 is 0 Å². The zero-order valence-corrected chi connectivity index (χ0v) is 19.1. The monoisotopic (exact) mass is 463 g/mol. The zero-order valence-electron chi connectivity index (χ0n) is 19.1. The first-order chi connectivity index (χ1) is 16.1. The summed E-state index contributed by atoms with van der Waals surface area (Å²) in [6, 6.07) is 12.5. The van der Waals surface area contributed by atoms with E-state index < -0.39 is 35.1 Å². The quantitative estimate of drug-likeness (QED) is 0.314. The fourth-order valence-electron chi connectivity index (χ4n) is 4.44. The van der Waals surface area contributed by atoms with E-state index in [2.05, 4.69) is 0 Å². The van der Waals surface area contributed by atoms with Gasteiger partial charge in [-0.15, -0.1) is 0 Å². The Labute approximate surface area is 195 Å². The van der Waals surface area contributed by atoms with Crippen LogP contribution >= 0.6 is 0 Å². The molecule has 1 unspecified atom stereocenters. The van der Waals surface area contributed by atoms with Gasteiger partial charge in [-0.3, -0.25) is 14.5 Å². The van der Waals surface area contributed by atoms with Crippen molar-refractivity contribution in [3.05, 3.63) is 99.6 Å². The first-order valence-electron chi connectivity index (χ1n) is 10.6. The van der Waals surface area contributed by atoms with E-state index in [0.29, 0.717) is 11.3 Å². The van der Waals surface area contributed by atoms with Crippen LogP contribution in [-0.4, -0.2) is 23.9 Å². The highest BCUT2D eigenvalue weighted by molar-refractivity contribution is 6.51. The van der Waals surface area contributed by atoms with Gasteiger partial charge in [0.1, 0.15) is 11.5 Å². The average molecular weight is 463 g/mol. The van der Waals surface area contributed by atoms with Crippen molar-refractivity contribution < 1.29 is 28.2 Å². The number of ketones is 1. The van der Waals surface area contributed by atoms with E-state index in [1.165, 1.54) is 13.2 Å².